The fraction of sp³-hybridized carbons (Fsp3) is 0.750. The number of hydrogen-bond acceptors (Lipinski definition) is 3. The summed E-state index contributed by atoms with van der Waals surface area (Å²) in [6, 6.07) is 0. The van der Waals surface area contributed by atoms with Gasteiger partial charge < -0.3 is 20.3 Å². The highest BCUT2D eigenvalue weighted by molar-refractivity contribution is 5.79. The predicted molar refractivity (Wildman–Crippen MR) is 90.1 cm³/mol. The molecule has 6 nitrogen and oxygen atoms in total. The van der Waals surface area contributed by atoms with Crippen LogP contribution in [0.3, 0.4) is 0 Å². The van der Waals surface area contributed by atoms with Crippen LogP contribution in [0.1, 0.15) is 33.6 Å². The Morgan fingerprint density at radius 1 is 1.36 bits per heavy atom. The second kappa shape index (κ2) is 8.66. The fourth-order valence-corrected chi connectivity index (χ4v) is 2.28. The van der Waals surface area contributed by atoms with E-state index in [9.17, 15) is 4.79 Å². The SMILES string of the molecule is C=CCNC(=NC)NCC1CCN(C(=O)OC(C)(C)C)CC1. The molecule has 0 aromatic carbocycles. The molecule has 1 heterocycles. The molecule has 0 spiro atoms. The highest BCUT2D eigenvalue weighted by Crippen LogP contribution is 2.19. The standard InChI is InChI=1S/C16H30N4O2/c1-6-9-18-14(17-5)19-12-13-7-10-20(11-8-13)15(21)22-16(2,3)4/h6,13H,1,7-12H2,2-5H3,(H2,17,18,19). The summed E-state index contributed by atoms with van der Waals surface area (Å²) < 4.78 is 5.41. The van der Waals surface area contributed by atoms with Crippen LogP contribution in [0.5, 0.6) is 0 Å². The fourth-order valence-electron chi connectivity index (χ4n) is 2.28. The predicted octanol–water partition coefficient (Wildman–Crippen LogP) is 1.98. The van der Waals surface area contributed by atoms with Crippen LogP contribution in [-0.2, 0) is 4.74 Å². The molecule has 0 aliphatic carbocycles. The molecule has 0 unspecified atom stereocenters. The second-order valence-electron chi connectivity index (χ2n) is 6.53. The van der Waals surface area contributed by atoms with Crippen LogP contribution in [0.4, 0.5) is 4.79 Å². The van der Waals surface area contributed by atoms with E-state index in [1.807, 2.05) is 20.8 Å². The second-order valence-corrected chi connectivity index (χ2v) is 6.53. The first kappa shape index (κ1) is 18.3. The van der Waals surface area contributed by atoms with Crippen LogP contribution < -0.4 is 10.6 Å². The molecule has 1 aliphatic heterocycles. The molecular weight excluding hydrogens is 280 g/mol. The molecule has 0 aromatic heterocycles. The monoisotopic (exact) mass is 310 g/mol. The molecule has 0 saturated carbocycles. The van der Waals surface area contributed by atoms with Gasteiger partial charge in [0.2, 0.25) is 0 Å². The van der Waals surface area contributed by atoms with Crippen LogP contribution in [0.15, 0.2) is 17.6 Å². The molecule has 0 bridgehead atoms. The number of hydrogen-bond donors (Lipinski definition) is 2. The van der Waals surface area contributed by atoms with Crippen molar-refractivity contribution >= 4 is 12.1 Å². The van der Waals surface area contributed by atoms with E-state index in [-0.39, 0.29) is 6.09 Å². The Balaban J connectivity index is 2.30. The minimum atomic E-state index is -0.432. The van der Waals surface area contributed by atoms with Gasteiger partial charge in [-0.15, -0.1) is 6.58 Å². The van der Waals surface area contributed by atoms with E-state index in [1.54, 1.807) is 18.0 Å². The molecule has 1 saturated heterocycles. The van der Waals surface area contributed by atoms with E-state index in [2.05, 4.69) is 22.2 Å². The van der Waals surface area contributed by atoms with E-state index >= 15 is 0 Å². The maximum absolute atomic E-state index is 12.0. The zero-order valence-electron chi connectivity index (χ0n) is 14.3. The molecule has 2 N–H and O–H groups in total. The smallest absolute Gasteiger partial charge is 0.410 e. The van der Waals surface area contributed by atoms with E-state index in [1.165, 1.54) is 0 Å². The maximum atomic E-state index is 12.0. The van der Waals surface area contributed by atoms with Gasteiger partial charge in [0.1, 0.15) is 5.60 Å². The normalized spacial score (nSPS) is 17.1. The lowest BCUT2D eigenvalue weighted by Crippen LogP contribution is -2.45. The van der Waals surface area contributed by atoms with Gasteiger partial charge in [-0.2, -0.15) is 0 Å². The van der Waals surface area contributed by atoms with E-state index < -0.39 is 5.60 Å². The number of likely N-dealkylation sites (tertiary alicyclic amines) is 1. The molecule has 1 aliphatic rings. The number of guanidine groups is 1. The van der Waals surface area contributed by atoms with Crippen LogP contribution in [-0.4, -0.2) is 55.8 Å². The number of carbonyl (C=O) groups excluding carboxylic acids is 1. The van der Waals surface area contributed by atoms with E-state index in [0.29, 0.717) is 12.5 Å². The number of ether oxygens (including phenoxy) is 1. The first-order chi connectivity index (χ1) is 10.4. The highest BCUT2D eigenvalue weighted by Gasteiger charge is 2.26. The van der Waals surface area contributed by atoms with Crippen LogP contribution in [0.2, 0.25) is 0 Å². The molecular formula is C16H30N4O2. The first-order valence-electron chi connectivity index (χ1n) is 7.89. The van der Waals surface area contributed by atoms with Gasteiger partial charge in [-0.25, -0.2) is 4.79 Å². The molecule has 1 fully saturated rings. The van der Waals surface area contributed by atoms with Gasteiger partial charge in [0.05, 0.1) is 0 Å². The number of amides is 1. The highest BCUT2D eigenvalue weighted by atomic mass is 16.6. The van der Waals surface area contributed by atoms with Gasteiger partial charge in [0, 0.05) is 33.2 Å². The van der Waals surface area contributed by atoms with Gasteiger partial charge in [-0.1, -0.05) is 6.08 Å². The van der Waals surface area contributed by atoms with Gasteiger partial charge in [-0.05, 0) is 39.5 Å². The third kappa shape index (κ3) is 6.83. The summed E-state index contributed by atoms with van der Waals surface area (Å²) in [7, 11) is 1.75. The average Bonchev–Trinajstić information content (AvgIpc) is 2.46. The van der Waals surface area contributed by atoms with Crippen molar-refractivity contribution in [3.05, 3.63) is 12.7 Å². The third-order valence-electron chi connectivity index (χ3n) is 3.46. The Morgan fingerprint density at radius 3 is 2.50 bits per heavy atom. The number of nitrogens with one attached hydrogen (secondary N) is 2. The topological polar surface area (TPSA) is 66.0 Å². The zero-order valence-corrected chi connectivity index (χ0v) is 14.3. The van der Waals surface area contributed by atoms with Gasteiger partial charge in [-0.3, -0.25) is 4.99 Å². The maximum Gasteiger partial charge on any atom is 0.410 e. The summed E-state index contributed by atoms with van der Waals surface area (Å²) in [6.45, 7) is 12.4. The molecule has 22 heavy (non-hydrogen) atoms. The van der Waals surface area contributed by atoms with Gasteiger partial charge >= 0.3 is 6.09 Å². The Hall–Kier alpha value is -1.72. The number of nitrogens with zero attached hydrogens (tertiary/aromatic N) is 2. The molecule has 126 valence electrons. The quantitative estimate of drug-likeness (QED) is 0.473. The van der Waals surface area contributed by atoms with Crippen LogP contribution >= 0.6 is 0 Å². The molecule has 0 radical (unpaired) electrons. The minimum absolute atomic E-state index is 0.206. The zero-order chi connectivity index (χ0) is 16.6. The number of rotatable bonds is 4. The average molecular weight is 310 g/mol. The van der Waals surface area contributed by atoms with Gasteiger partial charge in [0.15, 0.2) is 5.96 Å². The summed E-state index contributed by atoms with van der Waals surface area (Å²) in [4.78, 5) is 18.0. The summed E-state index contributed by atoms with van der Waals surface area (Å²) in [5.41, 5.74) is -0.432. The van der Waals surface area contributed by atoms with Crippen molar-refractivity contribution in [2.45, 2.75) is 39.2 Å². The van der Waals surface area contributed by atoms with Crippen molar-refractivity contribution < 1.29 is 9.53 Å². The first-order valence-corrected chi connectivity index (χ1v) is 7.89. The lowest BCUT2D eigenvalue weighted by Gasteiger charge is -2.33. The number of piperidine rings is 1. The molecule has 1 amide bonds. The van der Waals surface area contributed by atoms with Crippen molar-refractivity contribution in [1.82, 2.24) is 15.5 Å². The molecule has 6 heteroatoms. The molecule has 0 atom stereocenters. The van der Waals surface area contributed by atoms with Crippen molar-refractivity contribution in [3.8, 4) is 0 Å². The number of aliphatic imine (C=N–C) groups is 1. The Kier molecular flexibility index (Phi) is 7.21. The Bertz CT molecular complexity index is 393. The van der Waals surface area contributed by atoms with Crippen molar-refractivity contribution in [3.63, 3.8) is 0 Å². The number of carbonyl (C=O) groups is 1. The summed E-state index contributed by atoms with van der Waals surface area (Å²) in [5.74, 6) is 1.33. The lowest BCUT2D eigenvalue weighted by molar-refractivity contribution is 0.0185. The molecule has 0 aromatic rings. The van der Waals surface area contributed by atoms with Crippen LogP contribution in [0, 0.1) is 5.92 Å². The van der Waals surface area contributed by atoms with E-state index in [0.717, 1.165) is 38.4 Å². The third-order valence-corrected chi connectivity index (χ3v) is 3.46. The molecule has 1 rings (SSSR count). The summed E-state index contributed by atoms with van der Waals surface area (Å²) in [6.07, 6.45) is 3.55. The van der Waals surface area contributed by atoms with Crippen LogP contribution in [0.25, 0.3) is 0 Å². The van der Waals surface area contributed by atoms with E-state index in [4.69, 9.17) is 4.74 Å². The minimum Gasteiger partial charge on any atom is -0.444 e. The largest absolute Gasteiger partial charge is 0.444 e. The summed E-state index contributed by atoms with van der Waals surface area (Å²) >= 11 is 0. The van der Waals surface area contributed by atoms with Crippen molar-refractivity contribution in [2.24, 2.45) is 10.9 Å². The lowest BCUT2D eigenvalue weighted by atomic mass is 9.97. The van der Waals surface area contributed by atoms with Crippen molar-refractivity contribution in [2.75, 3.05) is 33.2 Å². The summed E-state index contributed by atoms with van der Waals surface area (Å²) in [5, 5.41) is 6.46. The Labute approximate surface area is 134 Å². The van der Waals surface area contributed by atoms with Crippen molar-refractivity contribution in [1.29, 1.82) is 0 Å². The van der Waals surface area contributed by atoms with Gasteiger partial charge in [0.25, 0.3) is 0 Å². The Morgan fingerprint density at radius 2 is 2.00 bits per heavy atom.